The second-order valence-electron chi connectivity index (χ2n) is 5.90. The molecule has 0 radical (unpaired) electrons. The summed E-state index contributed by atoms with van der Waals surface area (Å²) in [6.07, 6.45) is 3.48. The van der Waals surface area contributed by atoms with Gasteiger partial charge in [0.1, 0.15) is 6.04 Å². The highest BCUT2D eigenvalue weighted by molar-refractivity contribution is 6.48. The lowest BCUT2D eigenvalue weighted by Gasteiger charge is -2.33. The Hall–Kier alpha value is -0.585. The van der Waals surface area contributed by atoms with Crippen molar-refractivity contribution >= 4 is 12.9 Å². The van der Waals surface area contributed by atoms with Crippen LogP contribution in [-0.2, 0) is 4.79 Å². The fraction of sp³-hybridized carbons (Fsp3) is 0.917. The average molecular weight is 254 g/mol. The molecule has 2 aliphatic rings. The maximum Gasteiger partial charge on any atom is 0.321 e. The topological polar surface area (TPSA) is 72.8 Å². The van der Waals surface area contributed by atoms with Gasteiger partial charge in [-0.2, -0.15) is 0 Å². The van der Waals surface area contributed by atoms with Crippen LogP contribution in [0.4, 0.5) is 0 Å². The second kappa shape index (κ2) is 5.19. The Morgan fingerprint density at radius 2 is 2.33 bits per heavy atom. The molecule has 0 amide bonds. The largest absolute Gasteiger partial charge is 0.480 e. The van der Waals surface area contributed by atoms with Gasteiger partial charge in [0.2, 0.25) is 0 Å². The fourth-order valence-corrected chi connectivity index (χ4v) is 3.77. The van der Waals surface area contributed by atoms with Gasteiger partial charge in [-0.3, -0.25) is 4.79 Å². The van der Waals surface area contributed by atoms with Gasteiger partial charge in [0.15, 0.2) is 0 Å². The van der Waals surface area contributed by atoms with E-state index in [4.69, 9.17) is 0 Å². The molecular formula is C12H23BN2O3. The van der Waals surface area contributed by atoms with E-state index in [1.54, 1.807) is 6.82 Å². The number of rotatable bonds is 5. The number of likely N-dealkylation sites (tertiary alicyclic amines) is 1. The monoisotopic (exact) mass is 254 g/mol. The summed E-state index contributed by atoms with van der Waals surface area (Å²) in [6.45, 7) is 3.24. The molecule has 0 bridgehead atoms. The van der Waals surface area contributed by atoms with E-state index in [9.17, 15) is 14.9 Å². The number of carboxylic acids is 1. The van der Waals surface area contributed by atoms with Crippen LogP contribution in [0.2, 0.25) is 13.1 Å². The molecule has 102 valence electrons. The third-order valence-corrected chi connectivity index (χ3v) is 4.73. The van der Waals surface area contributed by atoms with Crippen molar-refractivity contribution in [3.63, 3.8) is 0 Å². The number of hydrogen-bond acceptors (Lipinski definition) is 4. The number of fused-ring (bicyclic) bond motifs is 1. The first-order valence-corrected chi connectivity index (χ1v) is 6.82. The van der Waals surface area contributed by atoms with Gasteiger partial charge in [-0.05, 0) is 32.8 Å². The zero-order chi connectivity index (χ0) is 13.3. The van der Waals surface area contributed by atoms with Crippen LogP contribution in [0.25, 0.3) is 0 Å². The molecule has 2 rings (SSSR count). The zero-order valence-corrected chi connectivity index (χ0v) is 11.2. The van der Waals surface area contributed by atoms with Crippen molar-refractivity contribution in [1.82, 2.24) is 10.2 Å². The van der Waals surface area contributed by atoms with Crippen LogP contribution >= 0.6 is 0 Å². The minimum absolute atomic E-state index is 0.143. The molecule has 2 heterocycles. The van der Waals surface area contributed by atoms with E-state index < -0.39 is 12.0 Å². The number of aliphatic carboxylic acids is 1. The van der Waals surface area contributed by atoms with E-state index in [0.29, 0.717) is 6.04 Å². The predicted molar refractivity (Wildman–Crippen MR) is 70.8 cm³/mol. The summed E-state index contributed by atoms with van der Waals surface area (Å²) in [6, 6.07) is -0.103. The Morgan fingerprint density at radius 1 is 1.61 bits per heavy atom. The van der Waals surface area contributed by atoms with Gasteiger partial charge in [-0.15, -0.1) is 0 Å². The third-order valence-electron chi connectivity index (χ3n) is 4.73. The highest BCUT2D eigenvalue weighted by atomic mass is 16.4. The van der Waals surface area contributed by atoms with Crippen molar-refractivity contribution in [3.05, 3.63) is 0 Å². The van der Waals surface area contributed by atoms with Crippen molar-refractivity contribution in [3.8, 4) is 0 Å². The quantitative estimate of drug-likeness (QED) is 0.608. The minimum atomic E-state index is -0.732. The number of carbonyl (C=O) groups is 1. The van der Waals surface area contributed by atoms with Crippen molar-refractivity contribution in [2.45, 2.75) is 44.5 Å². The summed E-state index contributed by atoms with van der Waals surface area (Å²) in [5.41, 5.74) is -0.143. The smallest absolute Gasteiger partial charge is 0.321 e. The van der Waals surface area contributed by atoms with E-state index in [2.05, 4.69) is 17.3 Å². The Bertz CT molecular complexity index is 326. The summed E-state index contributed by atoms with van der Waals surface area (Å²) < 4.78 is 0. The van der Waals surface area contributed by atoms with Gasteiger partial charge in [0.05, 0.1) is 0 Å². The lowest BCUT2D eigenvalue weighted by molar-refractivity contribution is -0.142. The van der Waals surface area contributed by atoms with Crippen molar-refractivity contribution in [2.75, 3.05) is 20.1 Å². The number of nitrogens with zero attached hydrogens (tertiary/aromatic N) is 1. The normalized spacial score (nSPS) is 35.7. The molecule has 0 aliphatic carbocycles. The number of hydrogen-bond donors (Lipinski definition) is 3. The Balaban J connectivity index is 2.09. The highest BCUT2D eigenvalue weighted by Crippen LogP contribution is 2.46. The number of carboxylic acid groups (broad SMARTS) is 1. The summed E-state index contributed by atoms with van der Waals surface area (Å²) >= 11 is 0. The second-order valence-corrected chi connectivity index (χ2v) is 5.90. The molecule has 2 saturated heterocycles. The van der Waals surface area contributed by atoms with Gasteiger partial charge < -0.3 is 20.3 Å². The van der Waals surface area contributed by atoms with Gasteiger partial charge in [0, 0.05) is 18.0 Å². The van der Waals surface area contributed by atoms with Gasteiger partial charge in [0.25, 0.3) is 6.92 Å². The average Bonchev–Trinajstić information content (AvgIpc) is 2.77. The molecule has 0 spiro atoms. The maximum atomic E-state index is 11.4. The number of nitrogens with one attached hydrogen (secondary N) is 1. The van der Waals surface area contributed by atoms with Crippen LogP contribution in [0.5, 0.6) is 0 Å². The molecule has 0 aromatic carbocycles. The Morgan fingerprint density at radius 3 is 2.94 bits per heavy atom. The van der Waals surface area contributed by atoms with Crippen LogP contribution in [0.1, 0.15) is 19.3 Å². The molecule has 3 N–H and O–H groups in total. The summed E-state index contributed by atoms with van der Waals surface area (Å²) in [4.78, 5) is 13.7. The third kappa shape index (κ3) is 2.29. The van der Waals surface area contributed by atoms with Crippen molar-refractivity contribution in [2.24, 2.45) is 5.41 Å². The standard InChI is InChI=1S/C12H23BN2O3/c1-13(18)6-3-4-12-5-7-15(2)9(12)8-14-10(12)11(16)17/h9-10,14,18H,3-8H2,1-2H3,(H,16,17)/t9-,10+,12-/m0/s1. The van der Waals surface area contributed by atoms with Gasteiger partial charge in [-0.25, -0.2) is 0 Å². The van der Waals surface area contributed by atoms with Crippen LogP contribution < -0.4 is 5.32 Å². The molecular weight excluding hydrogens is 231 g/mol. The van der Waals surface area contributed by atoms with Crippen LogP contribution in [0, 0.1) is 5.41 Å². The lowest BCUT2D eigenvalue weighted by atomic mass is 9.64. The molecule has 2 fully saturated rings. The molecule has 2 aliphatic heterocycles. The van der Waals surface area contributed by atoms with E-state index in [1.165, 1.54) is 0 Å². The summed E-state index contributed by atoms with van der Waals surface area (Å²) in [5, 5.41) is 21.9. The van der Waals surface area contributed by atoms with Crippen LogP contribution in [0.15, 0.2) is 0 Å². The molecule has 0 unspecified atom stereocenters. The van der Waals surface area contributed by atoms with Gasteiger partial charge >= 0.3 is 5.97 Å². The fourth-order valence-electron chi connectivity index (χ4n) is 3.77. The van der Waals surface area contributed by atoms with Gasteiger partial charge in [-0.1, -0.05) is 13.2 Å². The van der Waals surface area contributed by atoms with E-state index in [1.807, 2.05) is 0 Å². The lowest BCUT2D eigenvalue weighted by Crippen LogP contribution is -2.45. The molecule has 3 atom stereocenters. The first-order valence-electron chi connectivity index (χ1n) is 6.82. The minimum Gasteiger partial charge on any atom is -0.480 e. The molecule has 6 heteroatoms. The summed E-state index contributed by atoms with van der Waals surface area (Å²) in [5.74, 6) is -0.732. The van der Waals surface area contributed by atoms with Crippen molar-refractivity contribution in [1.29, 1.82) is 0 Å². The Kier molecular flexibility index (Phi) is 3.99. The number of likely N-dealkylation sites (N-methyl/N-ethyl adjacent to an activating group) is 1. The maximum absolute atomic E-state index is 11.4. The SMILES string of the molecule is CB(O)CCC[C@]12CCN(C)[C@H]1CN[C@@H]2C(=O)O. The first-order chi connectivity index (χ1) is 8.47. The molecule has 0 saturated carbocycles. The molecule has 5 nitrogen and oxygen atoms in total. The van der Waals surface area contributed by atoms with Crippen LogP contribution in [-0.4, -0.2) is 60.1 Å². The first kappa shape index (κ1) is 13.8. The summed E-state index contributed by atoms with van der Waals surface area (Å²) in [7, 11) is 2.08. The Labute approximate surface area is 109 Å². The van der Waals surface area contributed by atoms with E-state index >= 15 is 0 Å². The molecule has 0 aromatic heterocycles. The predicted octanol–water partition coefficient (Wildman–Crippen LogP) is 0.127. The molecule has 18 heavy (non-hydrogen) atoms. The zero-order valence-electron chi connectivity index (χ0n) is 11.2. The van der Waals surface area contributed by atoms with E-state index in [0.717, 1.165) is 38.7 Å². The van der Waals surface area contributed by atoms with Crippen molar-refractivity contribution < 1.29 is 14.9 Å². The van der Waals surface area contributed by atoms with E-state index in [-0.39, 0.29) is 12.3 Å². The highest BCUT2D eigenvalue weighted by Gasteiger charge is 2.57. The molecule has 0 aromatic rings. The van der Waals surface area contributed by atoms with Crippen LogP contribution in [0.3, 0.4) is 0 Å².